The average molecular weight is 296 g/mol. The van der Waals surface area contributed by atoms with Gasteiger partial charge < -0.3 is 5.73 Å². The Hall–Kier alpha value is -1.60. The van der Waals surface area contributed by atoms with Gasteiger partial charge in [-0.15, -0.1) is 0 Å². The lowest BCUT2D eigenvalue weighted by molar-refractivity contribution is 0.379. The Labute approximate surface area is 119 Å². The summed E-state index contributed by atoms with van der Waals surface area (Å²) in [5.74, 6) is 0.281. The van der Waals surface area contributed by atoms with Gasteiger partial charge in [-0.25, -0.2) is 13.4 Å². The summed E-state index contributed by atoms with van der Waals surface area (Å²) < 4.78 is 28.5. The van der Waals surface area contributed by atoms with E-state index in [1.807, 2.05) is 20.8 Å². The van der Waals surface area contributed by atoms with Crippen molar-refractivity contribution in [2.45, 2.75) is 25.8 Å². The molecule has 2 aromatic rings. The van der Waals surface area contributed by atoms with Crippen molar-refractivity contribution >= 4 is 21.5 Å². The summed E-state index contributed by atoms with van der Waals surface area (Å²) in [6.07, 6.45) is 1.66. The van der Waals surface area contributed by atoms with Crippen LogP contribution < -0.4 is 5.73 Å². The number of nitrogen functional groups attached to an aromatic ring is 1. The van der Waals surface area contributed by atoms with Crippen LogP contribution in [0.3, 0.4) is 0 Å². The first-order valence-corrected chi connectivity index (χ1v) is 8.04. The molecular formula is C13H20N4O2S. The lowest BCUT2D eigenvalue weighted by Gasteiger charge is -2.22. The summed E-state index contributed by atoms with van der Waals surface area (Å²) in [7, 11) is -3.65. The van der Waals surface area contributed by atoms with Gasteiger partial charge in [0.25, 0.3) is 10.0 Å². The molecule has 6 nitrogen and oxygen atoms in total. The highest BCUT2D eigenvalue weighted by Crippen LogP contribution is 2.24. The van der Waals surface area contributed by atoms with Gasteiger partial charge >= 0.3 is 0 Å². The van der Waals surface area contributed by atoms with Crippen LogP contribution >= 0.6 is 0 Å². The van der Waals surface area contributed by atoms with Crippen LogP contribution in [0.5, 0.6) is 0 Å². The fourth-order valence-corrected chi connectivity index (χ4v) is 3.97. The SMILES string of the molecule is CCN(CC(C)C)S(=O)(=O)c1c(N)nc2ccccn12. The van der Waals surface area contributed by atoms with Gasteiger partial charge in [0.15, 0.2) is 10.8 Å². The number of hydrogen-bond acceptors (Lipinski definition) is 4. The molecule has 0 fully saturated rings. The summed E-state index contributed by atoms with van der Waals surface area (Å²) in [5.41, 5.74) is 6.36. The van der Waals surface area contributed by atoms with Crippen molar-refractivity contribution in [2.24, 2.45) is 5.92 Å². The van der Waals surface area contributed by atoms with Crippen LogP contribution in [0.4, 0.5) is 5.82 Å². The zero-order chi connectivity index (χ0) is 14.9. The quantitative estimate of drug-likeness (QED) is 0.908. The number of anilines is 1. The second-order valence-corrected chi connectivity index (χ2v) is 6.93. The number of nitrogens with zero attached hydrogens (tertiary/aromatic N) is 3. The van der Waals surface area contributed by atoms with Crippen molar-refractivity contribution in [3.63, 3.8) is 0 Å². The van der Waals surface area contributed by atoms with E-state index < -0.39 is 10.0 Å². The lowest BCUT2D eigenvalue weighted by atomic mass is 10.2. The number of aromatic nitrogens is 2. The van der Waals surface area contributed by atoms with Gasteiger partial charge in [0, 0.05) is 19.3 Å². The third-order valence-corrected chi connectivity index (χ3v) is 5.00. The van der Waals surface area contributed by atoms with Crippen molar-refractivity contribution < 1.29 is 8.42 Å². The summed E-state index contributed by atoms with van der Waals surface area (Å²) in [6, 6.07) is 5.28. The third-order valence-electron chi connectivity index (χ3n) is 3.02. The molecule has 2 N–H and O–H groups in total. The molecule has 2 aromatic heterocycles. The Morgan fingerprint density at radius 1 is 1.40 bits per heavy atom. The monoisotopic (exact) mass is 296 g/mol. The molecule has 2 rings (SSSR count). The lowest BCUT2D eigenvalue weighted by Crippen LogP contribution is -2.35. The van der Waals surface area contributed by atoms with Gasteiger partial charge in [0.2, 0.25) is 0 Å². The predicted octanol–water partition coefficient (Wildman–Crippen LogP) is 1.58. The standard InChI is InChI=1S/C13H20N4O2S/c1-4-16(9-10(2)3)20(18,19)13-12(14)15-11-7-5-6-8-17(11)13/h5-8,10H,4,9,14H2,1-3H3. The van der Waals surface area contributed by atoms with Crippen LogP contribution in [0.1, 0.15) is 20.8 Å². The molecule has 0 amide bonds. The Kier molecular flexibility index (Phi) is 4.01. The molecule has 0 aromatic carbocycles. The van der Waals surface area contributed by atoms with E-state index in [4.69, 9.17) is 5.73 Å². The predicted molar refractivity (Wildman–Crippen MR) is 78.9 cm³/mol. The highest BCUT2D eigenvalue weighted by atomic mass is 32.2. The number of nitrogens with two attached hydrogens (primary N) is 1. The van der Waals surface area contributed by atoms with Gasteiger partial charge in [0.1, 0.15) is 5.65 Å². The maximum atomic E-state index is 12.8. The minimum atomic E-state index is -3.65. The highest BCUT2D eigenvalue weighted by molar-refractivity contribution is 7.89. The maximum Gasteiger partial charge on any atom is 0.262 e. The molecule has 0 aliphatic heterocycles. The van der Waals surface area contributed by atoms with E-state index in [9.17, 15) is 8.42 Å². The van der Waals surface area contributed by atoms with Crippen molar-refractivity contribution in [1.29, 1.82) is 0 Å². The molecule has 20 heavy (non-hydrogen) atoms. The molecular weight excluding hydrogens is 276 g/mol. The maximum absolute atomic E-state index is 12.8. The smallest absolute Gasteiger partial charge is 0.262 e. The molecule has 0 radical (unpaired) electrons. The van der Waals surface area contributed by atoms with Crippen LogP contribution in [-0.2, 0) is 10.0 Å². The summed E-state index contributed by atoms with van der Waals surface area (Å²) in [6.45, 7) is 6.64. The summed E-state index contributed by atoms with van der Waals surface area (Å²) in [4.78, 5) is 4.11. The average Bonchev–Trinajstić information content (AvgIpc) is 2.71. The first-order valence-electron chi connectivity index (χ1n) is 6.60. The molecule has 0 aliphatic carbocycles. The van der Waals surface area contributed by atoms with Crippen molar-refractivity contribution in [3.8, 4) is 0 Å². The van der Waals surface area contributed by atoms with Crippen molar-refractivity contribution in [1.82, 2.24) is 13.7 Å². The summed E-state index contributed by atoms with van der Waals surface area (Å²) >= 11 is 0. The molecule has 110 valence electrons. The normalized spacial score (nSPS) is 12.7. The van der Waals surface area contributed by atoms with E-state index in [2.05, 4.69) is 4.98 Å². The molecule has 0 atom stereocenters. The Balaban J connectivity index is 2.59. The number of fused-ring (bicyclic) bond motifs is 1. The molecule has 7 heteroatoms. The fourth-order valence-electron chi connectivity index (χ4n) is 2.17. The molecule has 0 spiro atoms. The Morgan fingerprint density at radius 2 is 2.10 bits per heavy atom. The van der Waals surface area contributed by atoms with Crippen molar-refractivity contribution in [2.75, 3.05) is 18.8 Å². The van der Waals surface area contributed by atoms with Crippen LogP contribution in [0.25, 0.3) is 5.65 Å². The third kappa shape index (κ3) is 2.51. The molecule has 2 heterocycles. The second kappa shape index (κ2) is 5.41. The topological polar surface area (TPSA) is 80.7 Å². The van der Waals surface area contributed by atoms with Gasteiger partial charge in [-0.1, -0.05) is 26.8 Å². The summed E-state index contributed by atoms with van der Waals surface area (Å²) in [5, 5.41) is 0.0515. The Bertz CT molecular complexity index is 706. The number of pyridine rings is 1. The highest BCUT2D eigenvalue weighted by Gasteiger charge is 2.30. The molecule has 0 saturated carbocycles. The van der Waals surface area contributed by atoms with E-state index in [0.29, 0.717) is 18.7 Å². The minimum absolute atomic E-state index is 0.0402. The van der Waals surface area contributed by atoms with Gasteiger partial charge in [-0.2, -0.15) is 4.31 Å². The first-order chi connectivity index (χ1) is 9.37. The van der Waals surface area contributed by atoms with Crippen LogP contribution in [0.15, 0.2) is 29.4 Å². The zero-order valence-electron chi connectivity index (χ0n) is 11.9. The first kappa shape index (κ1) is 14.8. The second-order valence-electron chi connectivity index (χ2n) is 5.08. The number of rotatable bonds is 5. The molecule has 0 aliphatic rings. The number of hydrogen-bond donors (Lipinski definition) is 1. The molecule has 0 unspecified atom stereocenters. The minimum Gasteiger partial charge on any atom is -0.381 e. The van der Waals surface area contributed by atoms with Crippen LogP contribution in [-0.4, -0.2) is 35.2 Å². The van der Waals surface area contributed by atoms with Crippen LogP contribution in [0, 0.1) is 5.92 Å². The molecule has 0 saturated heterocycles. The van der Waals surface area contributed by atoms with E-state index in [1.165, 1.54) is 8.71 Å². The number of sulfonamides is 1. The van der Waals surface area contributed by atoms with Gasteiger partial charge in [-0.05, 0) is 18.1 Å². The van der Waals surface area contributed by atoms with E-state index >= 15 is 0 Å². The number of imidazole rings is 1. The molecule has 0 bridgehead atoms. The zero-order valence-corrected chi connectivity index (χ0v) is 12.8. The van der Waals surface area contributed by atoms with Gasteiger partial charge in [0.05, 0.1) is 0 Å². The van der Waals surface area contributed by atoms with E-state index in [1.54, 1.807) is 24.4 Å². The van der Waals surface area contributed by atoms with Gasteiger partial charge in [-0.3, -0.25) is 4.40 Å². The largest absolute Gasteiger partial charge is 0.381 e. The van der Waals surface area contributed by atoms with E-state index in [0.717, 1.165) is 0 Å². The van der Waals surface area contributed by atoms with Crippen molar-refractivity contribution in [3.05, 3.63) is 24.4 Å². The van der Waals surface area contributed by atoms with E-state index in [-0.39, 0.29) is 16.8 Å². The van der Waals surface area contributed by atoms with Crippen LogP contribution in [0.2, 0.25) is 0 Å². The Morgan fingerprint density at radius 3 is 2.70 bits per heavy atom. The fraction of sp³-hybridized carbons (Fsp3) is 0.462.